The Hall–Kier alpha value is -2.32. The molecular weight excluding hydrogens is 374 g/mol. The first-order valence-electron chi connectivity index (χ1n) is 7.89. The lowest BCUT2D eigenvalue weighted by molar-refractivity contribution is -0.115. The minimum atomic E-state index is -0.419. The van der Waals surface area contributed by atoms with Crippen molar-refractivity contribution < 1.29 is 9.53 Å². The Balaban J connectivity index is 1.75. The Morgan fingerprint density at radius 3 is 2.81 bits per heavy atom. The maximum absolute atomic E-state index is 12.5. The lowest BCUT2D eigenvalue weighted by Crippen LogP contribution is -2.22. The summed E-state index contributed by atoms with van der Waals surface area (Å²) in [5, 5.41) is 7.83. The van der Waals surface area contributed by atoms with Crippen molar-refractivity contribution in [2.75, 3.05) is 12.4 Å². The number of fused-ring (bicyclic) bond motifs is 1. The topological polar surface area (TPSA) is 81.4 Å². The summed E-state index contributed by atoms with van der Waals surface area (Å²) in [6, 6.07) is 6.98. The second-order valence-corrected chi connectivity index (χ2v) is 7.48. The zero-order chi connectivity index (χ0) is 18.8. The van der Waals surface area contributed by atoms with Gasteiger partial charge in [-0.2, -0.15) is 4.98 Å². The second-order valence-electron chi connectivity index (χ2n) is 5.74. The third-order valence-corrected chi connectivity index (χ3v) is 4.86. The fraction of sp³-hybridized carbons (Fsp3) is 0.294. The average Bonchev–Trinajstić information content (AvgIpc) is 2.97. The molecule has 26 heavy (non-hydrogen) atoms. The number of benzene rings is 1. The second kappa shape index (κ2) is 7.51. The predicted molar refractivity (Wildman–Crippen MR) is 102 cm³/mol. The molecule has 136 valence electrons. The molecule has 2 heterocycles. The number of methoxy groups -OCH3 is 1. The highest BCUT2D eigenvalue weighted by Gasteiger charge is 2.19. The van der Waals surface area contributed by atoms with E-state index in [1.54, 1.807) is 29.6 Å². The molecule has 1 atom stereocenters. The highest BCUT2D eigenvalue weighted by molar-refractivity contribution is 8.00. The van der Waals surface area contributed by atoms with E-state index in [0.29, 0.717) is 27.4 Å². The van der Waals surface area contributed by atoms with Crippen molar-refractivity contribution in [3.05, 3.63) is 40.7 Å². The molecule has 0 unspecified atom stereocenters. The van der Waals surface area contributed by atoms with E-state index in [1.807, 2.05) is 19.9 Å². The molecule has 0 aliphatic carbocycles. The van der Waals surface area contributed by atoms with Gasteiger partial charge in [0, 0.05) is 16.4 Å². The maximum atomic E-state index is 12.5. The monoisotopic (exact) mass is 391 g/mol. The van der Waals surface area contributed by atoms with Gasteiger partial charge in [0.05, 0.1) is 18.0 Å². The minimum Gasteiger partial charge on any atom is -0.495 e. The van der Waals surface area contributed by atoms with Gasteiger partial charge in [0.25, 0.3) is 5.78 Å². The van der Waals surface area contributed by atoms with E-state index in [9.17, 15) is 4.79 Å². The van der Waals surface area contributed by atoms with E-state index < -0.39 is 5.25 Å². The number of aryl methyl sites for hydroxylation is 2. The number of rotatable bonds is 5. The number of thioether (sulfide) groups is 1. The number of nitrogens with one attached hydrogen (secondary N) is 1. The van der Waals surface area contributed by atoms with E-state index in [-0.39, 0.29) is 5.91 Å². The van der Waals surface area contributed by atoms with Gasteiger partial charge < -0.3 is 10.1 Å². The van der Waals surface area contributed by atoms with E-state index in [1.165, 1.54) is 18.9 Å². The van der Waals surface area contributed by atoms with Crippen LogP contribution in [0.2, 0.25) is 5.02 Å². The third kappa shape index (κ3) is 3.91. The van der Waals surface area contributed by atoms with Crippen LogP contribution in [0.1, 0.15) is 18.3 Å². The smallest absolute Gasteiger partial charge is 0.253 e. The van der Waals surface area contributed by atoms with Crippen molar-refractivity contribution in [1.82, 2.24) is 19.6 Å². The van der Waals surface area contributed by atoms with Crippen molar-refractivity contribution in [1.29, 1.82) is 0 Å². The highest BCUT2D eigenvalue weighted by atomic mass is 35.5. The first kappa shape index (κ1) is 18.5. The van der Waals surface area contributed by atoms with Crippen LogP contribution in [-0.2, 0) is 4.79 Å². The lowest BCUT2D eigenvalue weighted by Gasteiger charge is -2.13. The molecule has 3 aromatic rings. The fourth-order valence-corrected chi connectivity index (χ4v) is 3.34. The fourth-order valence-electron chi connectivity index (χ4n) is 2.42. The van der Waals surface area contributed by atoms with Crippen molar-refractivity contribution in [2.24, 2.45) is 0 Å². The molecule has 1 aromatic carbocycles. The summed E-state index contributed by atoms with van der Waals surface area (Å²) in [5.74, 6) is 0.866. The molecule has 7 nitrogen and oxygen atoms in total. The number of hydrogen-bond acceptors (Lipinski definition) is 6. The number of anilines is 1. The van der Waals surface area contributed by atoms with Gasteiger partial charge in [0.15, 0.2) is 0 Å². The van der Waals surface area contributed by atoms with Crippen LogP contribution in [0.3, 0.4) is 0 Å². The summed E-state index contributed by atoms with van der Waals surface area (Å²) >= 11 is 7.26. The Morgan fingerprint density at radius 1 is 1.31 bits per heavy atom. The van der Waals surface area contributed by atoms with E-state index in [2.05, 4.69) is 20.4 Å². The number of aromatic nitrogens is 4. The molecule has 0 saturated heterocycles. The number of carbonyl (C=O) groups is 1. The van der Waals surface area contributed by atoms with Crippen molar-refractivity contribution >= 4 is 40.7 Å². The van der Waals surface area contributed by atoms with Gasteiger partial charge in [0.2, 0.25) is 11.1 Å². The standard InChI is InChI=1S/C17H18ClN5O2S/c1-9-7-10(2)23-16(19-9)21-17(22-23)26-11(3)15(24)20-13-8-12(18)5-6-14(13)25-4/h5-8,11H,1-4H3,(H,20,24)/t11-/m1/s1. The summed E-state index contributed by atoms with van der Waals surface area (Å²) in [6.07, 6.45) is 0. The quantitative estimate of drug-likeness (QED) is 0.670. The number of halogens is 1. The molecule has 3 rings (SSSR count). The Bertz CT molecular complexity index is 975. The maximum Gasteiger partial charge on any atom is 0.253 e. The molecule has 1 amide bonds. The van der Waals surface area contributed by atoms with E-state index in [4.69, 9.17) is 16.3 Å². The summed E-state index contributed by atoms with van der Waals surface area (Å²) in [4.78, 5) is 21.3. The molecule has 0 spiro atoms. The molecule has 1 N–H and O–H groups in total. The molecule has 0 saturated carbocycles. The number of nitrogens with zero attached hydrogens (tertiary/aromatic N) is 4. The number of ether oxygens (including phenoxy) is 1. The molecule has 0 aliphatic rings. The first-order chi connectivity index (χ1) is 12.4. The van der Waals surface area contributed by atoms with Crippen LogP contribution in [0.4, 0.5) is 5.69 Å². The van der Waals surface area contributed by atoms with Gasteiger partial charge in [-0.3, -0.25) is 4.79 Å². The van der Waals surface area contributed by atoms with Crippen molar-refractivity contribution in [3.63, 3.8) is 0 Å². The molecular formula is C17H18ClN5O2S. The van der Waals surface area contributed by atoms with Crippen LogP contribution >= 0.6 is 23.4 Å². The average molecular weight is 392 g/mol. The lowest BCUT2D eigenvalue weighted by atomic mass is 10.3. The molecule has 0 bridgehead atoms. The largest absolute Gasteiger partial charge is 0.495 e. The third-order valence-electron chi connectivity index (χ3n) is 3.67. The van der Waals surface area contributed by atoms with Crippen LogP contribution in [0.5, 0.6) is 5.75 Å². The zero-order valence-corrected chi connectivity index (χ0v) is 16.4. The summed E-state index contributed by atoms with van der Waals surface area (Å²) in [6.45, 7) is 5.63. The highest BCUT2D eigenvalue weighted by Crippen LogP contribution is 2.29. The molecule has 0 radical (unpaired) electrons. The number of carbonyl (C=O) groups excluding carboxylic acids is 1. The van der Waals surface area contributed by atoms with Crippen LogP contribution in [-0.4, -0.2) is 37.8 Å². The van der Waals surface area contributed by atoms with Crippen molar-refractivity contribution in [3.8, 4) is 5.75 Å². The number of hydrogen-bond donors (Lipinski definition) is 1. The SMILES string of the molecule is COc1ccc(Cl)cc1NC(=O)[C@@H](C)Sc1nc2nc(C)cc(C)n2n1. The molecule has 0 aliphatic heterocycles. The predicted octanol–water partition coefficient (Wildman–Crippen LogP) is 3.52. The van der Waals surface area contributed by atoms with Gasteiger partial charge in [-0.15, -0.1) is 5.10 Å². The van der Waals surface area contributed by atoms with Gasteiger partial charge >= 0.3 is 0 Å². The summed E-state index contributed by atoms with van der Waals surface area (Å²) in [5.41, 5.74) is 2.33. The van der Waals surface area contributed by atoms with Crippen LogP contribution < -0.4 is 10.1 Å². The first-order valence-corrected chi connectivity index (χ1v) is 9.15. The van der Waals surface area contributed by atoms with Gasteiger partial charge in [-0.1, -0.05) is 23.4 Å². The number of amides is 1. The van der Waals surface area contributed by atoms with Gasteiger partial charge in [-0.05, 0) is 45.0 Å². The Labute approximate surface area is 160 Å². The van der Waals surface area contributed by atoms with E-state index >= 15 is 0 Å². The molecule has 0 fully saturated rings. The summed E-state index contributed by atoms with van der Waals surface area (Å²) in [7, 11) is 1.54. The van der Waals surface area contributed by atoms with Gasteiger partial charge in [-0.25, -0.2) is 9.50 Å². The van der Waals surface area contributed by atoms with Crippen LogP contribution in [0.25, 0.3) is 5.78 Å². The van der Waals surface area contributed by atoms with Crippen molar-refractivity contribution in [2.45, 2.75) is 31.2 Å². The summed E-state index contributed by atoms with van der Waals surface area (Å²) < 4.78 is 6.91. The Morgan fingerprint density at radius 2 is 2.08 bits per heavy atom. The zero-order valence-electron chi connectivity index (χ0n) is 14.8. The Kier molecular flexibility index (Phi) is 5.33. The van der Waals surface area contributed by atoms with E-state index in [0.717, 1.165) is 11.4 Å². The normalized spacial score (nSPS) is 12.2. The van der Waals surface area contributed by atoms with Crippen LogP contribution in [0, 0.1) is 13.8 Å². The van der Waals surface area contributed by atoms with Gasteiger partial charge in [0.1, 0.15) is 5.75 Å². The molecule has 2 aromatic heterocycles. The van der Waals surface area contributed by atoms with Crippen LogP contribution in [0.15, 0.2) is 29.4 Å². The molecule has 9 heteroatoms. The minimum absolute atomic E-state index is 0.199.